The Morgan fingerprint density at radius 1 is 1.10 bits per heavy atom. The third-order valence-electron chi connectivity index (χ3n) is 5.23. The van der Waals surface area contributed by atoms with Gasteiger partial charge in [-0.15, -0.1) is 0 Å². The molecule has 1 heterocycles. The highest BCUT2D eigenvalue weighted by atomic mass is 19.1. The SMILES string of the molecule is COc1ccc(C(=O)C(=O)O)cc1C(=O)N1CCC(Cc2ccc(F)cc2)CC1. The number of hydrogen-bond donors (Lipinski definition) is 1. The number of carbonyl (C=O) groups is 3. The number of nitrogens with zero attached hydrogens (tertiary/aromatic N) is 1. The summed E-state index contributed by atoms with van der Waals surface area (Å²) in [7, 11) is 1.42. The molecule has 1 N–H and O–H groups in total. The first-order valence-electron chi connectivity index (χ1n) is 9.38. The Bertz CT molecular complexity index is 917. The number of ketones is 1. The van der Waals surface area contributed by atoms with Crippen molar-refractivity contribution in [1.82, 2.24) is 4.90 Å². The average molecular weight is 399 g/mol. The van der Waals surface area contributed by atoms with Crippen LogP contribution in [0.3, 0.4) is 0 Å². The first-order valence-corrected chi connectivity index (χ1v) is 9.38. The quantitative estimate of drug-likeness (QED) is 0.596. The summed E-state index contributed by atoms with van der Waals surface area (Å²) in [5, 5.41) is 8.91. The molecule has 1 saturated heterocycles. The molecule has 6 nitrogen and oxygen atoms in total. The number of aliphatic carboxylic acids is 1. The zero-order valence-corrected chi connectivity index (χ0v) is 16.1. The number of piperidine rings is 1. The Hall–Kier alpha value is -3.22. The van der Waals surface area contributed by atoms with Crippen LogP contribution in [0.2, 0.25) is 0 Å². The fraction of sp³-hybridized carbons (Fsp3) is 0.318. The monoisotopic (exact) mass is 399 g/mol. The second-order valence-electron chi connectivity index (χ2n) is 7.12. The fourth-order valence-electron chi connectivity index (χ4n) is 3.60. The number of rotatable bonds is 6. The van der Waals surface area contributed by atoms with Crippen LogP contribution in [0, 0.1) is 11.7 Å². The van der Waals surface area contributed by atoms with Crippen molar-refractivity contribution in [2.24, 2.45) is 5.92 Å². The lowest BCUT2D eigenvalue weighted by Crippen LogP contribution is -2.39. The van der Waals surface area contributed by atoms with Crippen molar-refractivity contribution in [2.75, 3.05) is 20.2 Å². The molecule has 0 bridgehead atoms. The molecule has 1 fully saturated rings. The molecule has 0 aromatic heterocycles. The minimum atomic E-state index is -1.57. The van der Waals surface area contributed by atoms with Gasteiger partial charge in [0.05, 0.1) is 12.7 Å². The van der Waals surface area contributed by atoms with Crippen molar-refractivity contribution in [2.45, 2.75) is 19.3 Å². The zero-order valence-electron chi connectivity index (χ0n) is 16.1. The first kappa shape index (κ1) is 20.5. The topological polar surface area (TPSA) is 83.9 Å². The summed E-state index contributed by atoms with van der Waals surface area (Å²) in [5.74, 6) is -2.50. The van der Waals surface area contributed by atoms with Gasteiger partial charge < -0.3 is 14.7 Å². The van der Waals surface area contributed by atoms with Crippen molar-refractivity contribution < 1.29 is 28.6 Å². The second kappa shape index (κ2) is 8.86. The molecule has 1 aliphatic rings. The molecule has 1 amide bonds. The highest BCUT2D eigenvalue weighted by Gasteiger charge is 2.27. The van der Waals surface area contributed by atoms with Gasteiger partial charge in [-0.05, 0) is 61.1 Å². The average Bonchev–Trinajstić information content (AvgIpc) is 2.74. The summed E-state index contributed by atoms with van der Waals surface area (Å²) in [5.41, 5.74) is 1.18. The number of hydrogen-bond acceptors (Lipinski definition) is 4. The standard InChI is InChI=1S/C22H22FNO5/c1-29-19-7-4-16(20(25)22(27)28)13-18(19)21(26)24-10-8-15(9-11-24)12-14-2-5-17(23)6-3-14/h2-7,13,15H,8-12H2,1H3,(H,27,28). The third kappa shape index (κ3) is 4.80. The maximum absolute atomic E-state index is 13.0. The number of carboxylic acids is 1. The number of methoxy groups -OCH3 is 1. The zero-order chi connectivity index (χ0) is 21.0. The van der Waals surface area contributed by atoms with Crippen LogP contribution in [0.15, 0.2) is 42.5 Å². The van der Waals surface area contributed by atoms with Crippen LogP contribution in [-0.2, 0) is 11.2 Å². The van der Waals surface area contributed by atoms with E-state index in [9.17, 15) is 18.8 Å². The molecule has 0 unspecified atom stereocenters. The van der Waals surface area contributed by atoms with E-state index in [4.69, 9.17) is 9.84 Å². The smallest absolute Gasteiger partial charge is 0.377 e. The van der Waals surface area contributed by atoms with Gasteiger partial charge in [0.15, 0.2) is 0 Å². The largest absolute Gasteiger partial charge is 0.496 e. The van der Waals surface area contributed by atoms with Crippen molar-refractivity contribution in [3.05, 3.63) is 65.0 Å². The van der Waals surface area contributed by atoms with E-state index in [1.54, 1.807) is 17.0 Å². The van der Waals surface area contributed by atoms with E-state index in [0.29, 0.717) is 24.8 Å². The van der Waals surface area contributed by atoms with Gasteiger partial charge in [-0.2, -0.15) is 0 Å². The molecule has 29 heavy (non-hydrogen) atoms. The van der Waals surface area contributed by atoms with Gasteiger partial charge in [-0.3, -0.25) is 9.59 Å². The molecule has 0 spiro atoms. The lowest BCUT2D eigenvalue weighted by atomic mass is 9.90. The summed E-state index contributed by atoms with van der Waals surface area (Å²) < 4.78 is 18.3. The minimum absolute atomic E-state index is 0.0622. The van der Waals surface area contributed by atoms with Gasteiger partial charge in [-0.1, -0.05) is 12.1 Å². The Morgan fingerprint density at radius 3 is 2.34 bits per heavy atom. The van der Waals surface area contributed by atoms with Crippen molar-refractivity contribution in [3.8, 4) is 5.75 Å². The molecule has 0 aliphatic carbocycles. The Kier molecular flexibility index (Phi) is 6.26. The van der Waals surface area contributed by atoms with Gasteiger partial charge in [-0.25, -0.2) is 9.18 Å². The molecule has 0 atom stereocenters. The van der Waals surface area contributed by atoms with Crippen molar-refractivity contribution in [3.63, 3.8) is 0 Å². The number of benzene rings is 2. The van der Waals surface area contributed by atoms with Gasteiger partial charge in [0.25, 0.3) is 11.7 Å². The van der Waals surface area contributed by atoms with Crippen molar-refractivity contribution >= 4 is 17.7 Å². The Morgan fingerprint density at radius 2 is 1.76 bits per heavy atom. The Balaban J connectivity index is 1.68. The Labute approximate surface area is 167 Å². The predicted molar refractivity (Wildman–Crippen MR) is 104 cm³/mol. The van der Waals surface area contributed by atoms with E-state index in [1.165, 1.54) is 37.4 Å². The molecule has 0 radical (unpaired) electrons. The summed E-state index contributed by atoms with van der Waals surface area (Å²) >= 11 is 0. The number of halogens is 1. The molecule has 2 aromatic carbocycles. The number of carboxylic acid groups (broad SMARTS) is 1. The number of likely N-dealkylation sites (tertiary alicyclic amines) is 1. The molecule has 3 rings (SSSR count). The van der Waals surface area contributed by atoms with Gasteiger partial charge in [0, 0.05) is 18.7 Å². The van der Waals surface area contributed by atoms with E-state index in [1.807, 2.05) is 0 Å². The summed E-state index contributed by atoms with van der Waals surface area (Å²) in [4.78, 5) is 37.3. The highest BCUT2D eigenvalue weighted by Crippen LogP contribution is 2.26. The van der Waals surface area contributed by atoms with E-state index in [0.717, 1.165) is 24.8 Å². The summed E-state index contributed by atoms with van der Waals surface area (Å²) in [6, 6.07) is 10.5. The van der Waals surface area contributed by atoms with E-state index >= 15 is 0 Å². The van der Waals surface area contributed by atoms with Gasteiger partial charge >= 0.3 is 5.97 Å². The van der Waals surface area contributed by atoms with Crippen LogP contribution < -0.4 is 4.74 Å². The van der Waals surface area contributed by atoms with Crippen LogP contribution in [0.1, 0.15) is 39.1 Å². The highest BCUT2D eigenvalue weighted by molar-refractivity contribution is 6.40. The molecular formula is C22H22FNO5. The third-order valence-corrected chi connectivity index (χ3v) is 5.23. The molecule has 2 aromatic rings. The number of carbonyl (C=O) groups excluding carboxylic acids is 2. The normalized spacial score (nSPS) is 14.5. The van der Waals surface area contributed by atoms with Gasteiger partial charge in [0.1, 0.15) is 11.6 Å². The lowest BCUT2D eigenvalue weighted by Gasteiger charge is -2.32. The summed E-state index contributed by atoms with van der Waals surface area (Å²) in [6.07, 6.45) is 2.44. The molecule has 152 valence electrons. The van der Waals surface area contributed by atoms with Crippen LogP contribution in [0.5, 0.6) is 5.75 Å². The van der Waals surface area contributed by atoms with Crippen LogP contribution in [0.25, 0.3) is 0 Å². The maximum atomic E-state index is 13.0. The number of ether oxygens (including phenoxy) is 1. The molecular weight excluding hydrogens is 377 g/mol. The number of amides is 1. The van der Waals surface area contributed by atoms with E-state index < -0.39 is 11.8 Å². The first-order chi connectivity index (χ1) is 13.9. The minimum Gasteiger partial charge on any atom is -0.496 e. The van der Waals surface area contributed by atoms with E-state index in [2.05, 4.69) is 0 Å². The fourth-order valence-corrected chi connectivity index (χ4v) is 3.60. The van der Waals surface area contributed by atoms with Crippen LogP contribution in [0.4, 0.5) is 4.39 Å². The van der Waals surface area contributed by atoms with Crippen LogP contribution in [-0.4, -0.2) is 47.9 Å². The van der Waals surface area contributed by atoms with Crippen LogP contribution >= 0.6 is 0 Å². The maximum Gasteiger partial charge on any atom is 0.377 e. The lowest BCUT2D eigenvalue weighted by molar-refractivity contribution is -0.131. The molecule has 1 aliphatic heterocycles. The second-order valence-corrected chi connectivity index (χ2v) is 7.12. The van der Waals surface area contributed by atoms with Gasteiger partial charge in [0.2, 0.25) is 0 Å². The predicted octanol–water partition coefficient (Wildman–Crippen LogP) is 3.20. The molecule has 0 saturated carbocycles. The summed E-state index contributed by atoms with van der Waals surface area (Å²) in [6.45, 7) is 1.09. The van der Waals surface area contributed by atoms with Crippen molar-refractivity contribution in [1.29, 1.82) is 0 Å². The number of Topliss-reactive ketones (excluding diaryl/α,β-unsaturated/α-hetero) is 1. The molecule has 7 heteroatoms. The van der Waals surface area contributed by atoms with E-state index in [-0.39, 0.29) is 22.9 Å².